The average Bonchev–Trinajstić information content (AvgIpc) is 2.14. The van der Waals surface area contributed by atoms with Gasteiger partial charge in [0.2, 0.25) is 0 Å². The minimum absolute atomic E-state index is 0.217. The lowest BCUT2D eigenvalue weighted by molar-refractivity contribution is -0.136. The van der Waals surface area contributed by atoms with Crippen molar-refractivity contribution in [2.75, 3.05) is 12.3 Å². The van der Waals surface area contributed by atoms with Gasteiger partial charge in [0, 0.05) is 12.3 Å². The number of hydrogen-bond donors (Lipinski definition) is 1. The van der Waals surface area contributed by atoms with Crippen LogP contribution in [-0.2, 0) is 4.79 Å². The zero-order valence-corrected chi connectivity index (χ0v) is 8.74. The molecule has 0 aromatic carbocycles. The molecule has 0 unspecified atom stereocenters. The molecule has 1 N–H and O–H groups in total. The predicted molar refractivity (Wildman–Crippen MR) is 58.4 cm³/mol. The summed E-state index contributed by atoms with van der Waals surface area (Å²) < 4.78 is 0. The average molecular weight is 217 g/mol. The van der Waals surface area contributed by atoms with E-state index in [0.29, 0.717) is 5.75 Å². The maximum atomic E-state index is 10.2. The third-order valence-electron chi connectivity index (χ3n) is 1.37. The molecule has 13 heavy (non-hydrogen) atoms. The van der Waals surface area contributed by atoms with Crippen molar-refractivity contribution in [3.8, 4) is 0 Å². The molecule has 0 amide bonds. The molecule has 72 valence electrons. The van der Waals surface area contributed by atoms with Crippen molar-refractivity contribution in [3.05, 3.63) is 12.2 Å². The fourth-order valence-electron chi connectivity index (χ4n) is 0.771. The van der Waals surface area contributed by atoms with Crippen LogP contribution in [0.4, 0.5) is 0 Å². The lowest BCUT2D eigenvalue weighted by atomic mass is 10.3. The monoisotopic (exact) mass is 217 g/mol. The second-order valence-electron chi connectivity index (χ2n) is 2.46. The van der Waals surface area contributed by atoms with Crippen molar-refractivity contribution >= 4 is 32.6 Å². The molecule has 5 heteroatoms. The van der Waals surface area contributed by atoms with Gasteiger partial charge in [-0.2, -0.15) is 0 Å². The molecule has 1 aliphatic heterocycles. The van der Waals surface area contributed by atoms with E-state index in [9.17, 15) is 4.79 Å². The molecule has 0 saturated heterocycles. The van der Waals surface area contributed by atoms with E-state index in [1.807, 2.05) is 6.08 Å². The van der Waals surface area contributed by atoms with Crippen LogP contribution in [0.15, 0.2) is 17.1 Å². The number of rotatable bonds is 4. The summed E-state index contributed by atoms with van der Waals surface area (Å²) >= 11 is 0. The van der Waals surface area contributed by atoms with Gasteiger partial charge in [0.15, 0.2) is 0 Å². The van der Waals surface area contributed by atoms with E-state index in [4.69, 9.17) is 5.11 Å². The van der Waals surface area contributed by atoms with Gasteiger partial charge in [0.05, 0.1) is 6.42 Å². The minimum Gasteiger partial charge on any atom is -0.481 e. The van der Waals surface area contributed by atoms with E-state index in [-0.39, 0.29) is 6.42 Å². The number of aliphatic carboxylic acids is 1. The third-order valence-corrected chi connectivity index (χ3v) is 3.66. The molecule has 0 atom stereocenters. The van der Waals surface area contributed by atoms with Crippen molar-refractivity contribution in [1.29, 1.82) is 0 Å². The molecule has 1 aliphatic rings. The molecule has 0 aromatic heterocycles. The SMILES string of the molecule is O=C(O)CCSSC1=NCCC=C1. The lowest BCUT2D eigenvalue weighted by Crippen LogP contribution is -1.96. The van der Waals surface area contributed by atoms with E-state index >= 15 is 0 Å². The summed E-state index contributed by atoms with van der Waals surface area (Å²) in [6.45, 7) is 0.859. The molecule has 0 bridgehead atoms. The maximum Gasteiger partial charge on any atom is 0.304 e. The Bertz CT molecular complexity index is 238. The summed E-state index contributed by atoms with van der Waals surface area (Å²) in [6.07, 6.45) is 5.31. The van der Waals surface area contributed by atoms with Crippen LogP contribution in [0, 0.1) is 0 Å². The molecule has 0 fully saturated rings. The minimum atomic E-state index is -0.741. The number of hydrogen-bond acceptors (Lipinski definition) is 4. The van der Waals surface area contributed by atoms with Crippen LogP contribution in [0.3, 0.4) is 0 Å². The topological polar surface area (TPSA) is 49.7 Å². The van der Waals surface area contributed by atoms with Gasteiger partial charge in [0.1, 0.15) is 5.04 Å². The Morgan fingerprint density at radius 2 is 2.54 bits per heavy atom. The highest BCUT2D eigenvalue weighted by atomic mass is 33.1. The molecule has 0 aromatic rings. The van der Waals surface area contributed by atoms with E-state index in [1.165, 1.54) is 0 Å². The molecular weight excluding hydrogens is 206 g/mol. The van der Waals surface area contributed by atoms with Gasteiger partial charge in [0.25, 0.3) is 0 Å². The summed E-state index contributed by atoms with van der Waals surface area (Å²) in [4.78, 5) is 14.5. The summed E-state index contributed by atoms with van der Waals surface area (Å²) in [5, 5.41) is 9.39. The Kier molecular flexibility index (Phi) is 5.00. The number of nitrogens with zero attached hydrogens (tertiary/aromatic N) is 1. The van der Waals surface area contributed by atoms with E-state index in [2.05, 4.69) is 11.1 Å². The number of aliphatic imine (C=N–C) groups is 1. The second-order valence-corrected chi connectivity index (χ2v) is 4.90. The highest BCUT2D eigenvalue weighted by Gasteiger charge is 2.01. The summed E-state index contributed by atoms with van der Waals surface area (Å²) in [5.41, 5.74) is 0. The first kappa shape index (κ1) is 10.7. The van der Waals surface area contributed by atoms with Crippen molar-refractivity contribution < 1.29 is 9.90 Å². The molecule has 1 rings (SSSR count). The number of carboxylic acid groups (broad SMARTS) is 1. The van der Waals surface area contributed by atoms with E-state index in [0.717, 1.165) is 18.0 Å². The Hall–Kier alpha value is -0.420. The fourth-order valence-corrected chi connectivity index (χ4v) is 2.72. The van der Waals surface area contributed by atoms with Gasteiger partial charge in [-0.15, -0.1) is 0 Å². The highest BCUT2D eigenvalue weighted by Crippen LogP contribution is 2.25. The first-order chi connectivity index (χ1) is 6.29. The van der Waals surface area contributed by atoms with E-state index < -0.39 is 5.97 Å². The highest BCUT2D eigenvalue weighted by molar-refractivity contribution is 8.82. The van der Waals surface area contributed by atoms with Crippen LogP contribution >= 0.6 is 21.6 Å². The number of carboxylic acids is 1. The van der Waals surface area contributed by atoms with Crippen LogP contribution in [0.5, 0.6) is 0 Å². The van der Waals surface area contributed by atoms with Crippen LogP contribution in [0.1, 0.15) is 12.8 Å². The Labute approximate surface area is 85.1 Å². The maximum absolute atomic E-state index is 10.2. The molecule has 0 spiro atoms. The standard InChI is InChI=1S/C8H11NO2S2/c10-8(11)4-6-12-13-7-3-1-2-5-9-7/h1,3H,2,4-6H2,(H,10,11). The molecule has 0 aliphatic carbocycles. The fraction of sp³-hybridized carbons (Fsp3) is 0.500. The number of dihydropyridines is 1. The molecule has 1 heterocycles. The zero-order valence-electron chi connectivity index (χ0n) is 7.10. The Morgan fingerprint density at radius 3 is 3.15 bits per heavy atom. The van der Waals surface area contributed by atoms with Crippen LogP contribution < -0.4 is 0 Å². The van der Waals surface area contributed by atoms with Crippen molar-refractivity contribution in [2.24, 2.45) is 4.99 Å². The van der Waals surface area contributed by atoms with Crippen molar-refractivity contribution in [2.45, 2.75) is 12.8 Å². The first-order valence-electron chi connectivity index (χ1n) is 4.01. The number of carbonyl (C=O) groups is 1. The van der Waals surface area contributed by atoms with Gasteiger partial charge in [-0.25, -0.2) is 0 Å². The second kappa shape index (κ2) is 6.10. The predicted octanol–water partition coefficient (Wildman–Crippen LogP) is 2.20. The van der Waals surface area contributed by atoms with Gasteiger partial charge in [-0.1, -0.05) is 16.9 Å². The lowest BCUT2D eigenvalue weighted by Gasteiger charge is -2.03. The summed E-state index contributed by atoms with van der Waals surface area (Å²) in [7, 11) is 3.10. The molecular formula is C8H11NO2S2. The Balaban J connectivity index is 2.08. The quantitative estimate of drug-likeness (QED) is 0.579. The summed E-state index contributed by atoms with van der Waals surface area (Å²) in [6, 6.07) is 0. The van der Waals surface area contributed by atoms with Crippen molar-refractivity contribution in [1.82, 2.24) is 0 Å². The van der Waals surface area contributed by atoms with Gasteiger partial charge in [-0.3, -0.25) is 9.79 Å². The van der Waals surface area contributed by atoms with Crippen LogP contribution in [0.2, 0.25) is 0 Å². The molecule has 0 saturated carbocycles. The van der Waals surface area contributed by atoms with Crippen LogP contribution in [0.25, 0.3) is 0 Å². The zero-order chi connectivity index (χ0) is 9.52. The van der Waals surface area contributed by atoms with Crippen molar-refractivity contribution in [3.63, 3.8) is 0 Å². The smallest absolute Gasteiger partial charge is 0.304 e. The molecule has 0 radical (unpaired) electrons. The van der Waals surface area contributed by atoms with Crippen LogP contribution in [-0.4, -0.2) is 28.4 Å². The van der Waals surface area contributed by atoms with Gasteiger partial charge in [-0.05, 0) is 23.3 Å². The first-order valence-corrected chi connectivity index (χ1v) is 6.33. The largest absolute Gasteiger partial charge is 0.481 e. The van der Waals surface area contributed by atoms with Gasteiger partial charge >= 0.3 is 5.97 Å². The van der Waals surface area contributed by atoms with Gasteiger partial charge < -0.3 is 5.11 Å². The normalized spacial score (nSPS) is 15.5. The summed E-state index contributed by atoms with van der Waals surface area (Å²) in [5.74, 6) is -0.110. The third kappa shape index (κ3) is 5.00. The van der Waals surface area contributed by atoms with E-state index in [1.54, 1.807) is 21.6 Å². The Morgan fingerprint density at radius 1 is 1.69 bits per heavy atom. The molecule has 3 nitrogen and oxygen atoms in total.